The molecule has 140 valence electrons. The van der Waals surface area contributed by atoms with Crippen LogP contribution in [-0.4, -0.2) is 49.6 Å². The number of anilines is 3. The standard InChI is InChI=1S/C20H22N4O3/c25-18-4-2-10-24(18)16-7-5-15(6-8-16)22-20(26)17-3-1-9-21-19(17)23-11-13-27-14-12-23/h1,3,5-9H,2,4,10-14H2,(H,22,26). The minimum absolute atomic E-state index is 0.150. The quantitative estimate of drug-likeness (QED) is 0.899. The Labute approximate surface area is 157 Å². The van der Waals surface area contributed by atoms with Gasteiger partial charge < -0.3 is 19.9 Å². The van der Waals surface area contributed by atoms with Crippen LogP contribution < -0.4 is 15.1 Å². The molecule has 2 aromatic rings. The first kappa shape index (κ1) is 17.5. The molecule has 0 aliphatic carbocycles. The van der Waals surface area contributed by atoms with E-state index in [9.17, 15) is 9.59 Å². The molecule has 0 saturated carbocycles. The smallest absolute Gasteiger partial charge is 0.259 e. The van der Waals surface area contributed by atoms with Gasteiger partial charge in [0.1, 0.15) is 5.82 Å². The second-order valence-electron chi connectivity index (χ2n) is 6.62. The third-order valence-electron chi connectivity index (χ3n) is 4.85. The maximum Gasteiger partial charge on any atom is 0.259 e. The molecule has 0 radical (unpaired) electrons. The number of amides is 2. The van der Waals surface area contributed by atoms with Gasteiger partial charge in [-0.3, -0.25) is 9.59 Å². The fourth-order valence-electron chi connectivity index (χ4n) is 3.45. The Hall–Kier alpha value is -2.93. The summed E-state index contributed by atoms with van der Waals surface area (Å²) in [6.45, 7) is 3.46. The molecule has 7 heteroatoms. The summed E-state index contributed by atoms with van der Waals surface area (Å²) in [4.78, 5) is 32.9. The Bertz CT molecular complexity index is 831. The lowest BCUT2D eigenvalue weighted by Gasteiger charge is -2.29. The van der Waals surface area contributed by atoms with E-state index in [1.807, 2.05) is 24.3 Å². The number of carbonyl (C=O) groups excluding carboxylic acids is 2. The number of ether oxygens (including phenoxy) is 1. The van der Waals surface area contributed by atoms with Gasteiger partial charge in [-0.25, -0.2) is 4.98 Å². The Morgan fingerprint density at radius 2 is 1.85 bits per heavy atom. The molecule has 2 amide bonds. The minimum atomic E-state index is -0.199. The van der Waals surface area contributed by atoms with Crippen LogP contribution >= 0.6 is 0 Å². The molecule has 1 N–H and O–H groups in total. The van der Waals surface area contributed by atoms with Crippen LogP contribution in [0.25, 0.3) is 0 Å². The van der Waals surface area contributed by atoms with Crippen molar-refractivity contribution in [2.75, 3.05) is 48.0 Å². The molecule has 2 aliphatic heterocycles. The van der Waals surface area contributed by atoms with E-state index < -0.39 is 0 Å². The van der Waals surface area contributed by atoms with Crippen molar-refractivity contribution in [3.8, 4) is 0 Å². The van der Waals surface area contributed by atoms with Gasteiger partial charge in [0.25, 0.3) is 5.91 Å². The van der Waals surface area contributed by atoms with E-state index >= 15 is 0 Å². The van der Waals surface area contributed by atoms with Gasteiger partial charge in [-0.1, -0.05) is 0 Å². The number of pyridine rings is 1. The van der Waals surface area contributed by atoms with Gasteiger partial charge in [0, 0.05) is 43.6 Å². The van der Waals surface area contributed by atoms with Gasteiger partial charge in [-0.15, -0.1) is 0 Å². The normalized spacial score (nSPS) is 17.3. The number of nitrogens with one attached hydrogen (secondary N) is 1. The first-order valence-corrected chi connectivity index (χ1v) is 9.22. The second kappa shape index (κ2) is 7.75. The number of rotatable bonds is 4. The predicted octanol–water partition coefficient (Wildman–Crippen LogP) is 2.30. The Balaban J connectivity index is 1.48. The number of morpholine rings is 1. The first-order chi connectivity index (χ1) is 13.2. The maximum absolute atomic E-state index is 12.8. The lowest BCUT2D eigenvalue weighted by atomic mass is 10.2. The van der Waals surface area contributed by atoms with Crippen LogP contribution in [0.4, 0.5) is 17.2 Å². The monoisotopic (exact) mass is 366 g/mol. The van der Waals surface area contributed by atoms with E-state index in [2.05, 4.69) is 15.2 Å². The summed E-state index contributed by atoms with van der Waals surface area (Å²) >= 11 is 0. The van der Waals surface area contributed by atoms with Gasteiger partial charge in [-0.05, 0) is 42.8 Å². The van der Waals surface area contributed by atoms with Gasteiger partial charge >= 0.3 is 0 Å². The summed E-state index contributed by atoms with van der Waals surface area (Å²) < 4.78 is 5.38. The Morgan fingerprint density at radius 3 is 2.56 bits per heavy atom. The molecule has 1 aromatic heterocycles. The molecule has 0 atom stereocenters. The van der Waals surface area contributed by atoms with Crippen LogP contribution in [0.3, 0.4) is 0 Å². The third kappa shape index (κ3) is 3.78. The summed E-state index contributed by atoms with van der Waals surface area (Å²) in [5.41, 5.74) is 2.09. The summed E-state index contributed by atoms with van der Waals surface area (Å²) in [6.07, 6.45) is 3.19. The SMILES string of the molecule is O=C(Nc1ccc(N2CCCC2=O)cc1)c1cccnc1N1CCOCC1. The van der Waals surface area contributed by atoms with Crippen LogP contribution in [0.15, 0.2) is 42.6 Å². The molecule has 0 bridgehead atoms. The lowest BCUT2D eigenvalue weighted by molar-refractivity contribution is -0.117. The van der Waals surface area contributed by atoms with E-state index in [-0.39, 0.29) is 11.8 Å². The van der Waals surface area contributed by atoms with Gasteiger partial charge in [0.2, 0.25) is 5.91 Å². The highest BCUT2D eigenvalue weighted by molar-refractivity contribution is 6.07. The zero-order valence-corrected chi connectivity index (χ0v) is 15.1. The van der Waals surface area contributed by atoms with Crippen LogP contribution in [0, 0.1) is 0 Å². The molecular formula is C20H22N4O3. The maximum atomic E-state index is 12.8. The average Bonchev–Trinajstić information content (AvgIpc) is 3.15. The van der Waals surface area contributed by atoms with Crippen molar-refractivity contribution in [2.45, 2.75) is 12.8 Å². The highest BCUT2D eigenvalue weighted by atomic mass is 16.5. The van der Waals surface area contributed by atoms with Crippen LogP contribution in [0.5, 0.6) is 0 Å². The molecule has 2 fully saturated rings. The summed E-state index contributed by atoms with van der Waals surface area (Å²) in [5, 5.41) is 2.93. The van der Waals surface area contributed by atoms with Crippen LogP contribution in [0.2, 0.25) is 0 Å². The second-order valence-corrected chi connectivity index (χ2v) is 6.62. The van der Waals surface area contributed by atoms with Crippen molar-refractivity contribution in [1.29, 1.82) is 0 Å². The van der Waals surface area contributed by atoms with Crippen molar-refractivity contribution in [3.63, 3.8) is 0 Å². The molecule has 1 aromatic carbocycles. The molecule has 2 aliphatic rings. The molecule has 7 nitrogen and oxygen atoms in total. The first-order valence-electron chi connectivity index (χ1n) is 9.22. The lowest BCUT2D eigenvalue weighted by Crippen LogP contribution is -2.38. The van der Waals surface area contributed by atoms with Crippen molar-refractivity contribution < 1.29 is 14.3 Å². The van der Waals surface area contributed by atoms with Crippen molar-refractivity contribution in [1.82, 2.24) is 4.98 Å². The summed E-state index contributed by atoms with van der Waals surface area (Å²) in [5.74, 6) is 0.629. The number of hydrogen-bond acceptors (Lipinski definition) is 5. The summed E-state index contributed by atoms with van der Waals surface area (Å²) in [7, 11) is 0. The fraction of sp³-hybridized carbons (Fsp3) is 0.350. The van der Waals surface area contributed by atoms with Crippen LogP contribution in [-0.2, 0) is 9.53 Å². The van der Waals surface area contributed by atoms with Gasteiger partial charge in [-0.2, -0.15) is 0 Å². The highest BCUT2D eigenvalue weighted by Gasteiger charge is 2.22. The largest absolute Gasteiger partial charge is 0.378 e. The summed E-state index contributed by atoms with van der Waals surface area (Å²) in [6, 6.07) is 10.9. The third-order valence-corrected chi connectivity index (χ3v) is 4.85. The fourth-order valence-corrected chi connectivity index (χ4v) is 3.45. The van der Waals surface area contributed by atoms with Gasteiger partial charge in [0.05, 0.1) is 18.8 Å². The number of aromatic nitrogens is 1. The molecule has 2 saturated heterocycles. The number of benzene rings is 1. The van der Waals surface area contributed by atoms with Gasteiger partial charge in [0.15, 0.2) is 0 Å². The Kier molecular flexibility index (Phi) is 5.02. The minimum Gasteiger partial charge on any atom is -0.378 e. The zero-order valence-electron chi connectivity index (χ0n) is 15.1. The topological polar surface area (TPSA) is 74.8 Å². The molecular weight excluding hydrogens is 344 g/mol. The van der Waals surface area contributed by atoms with E-state index in [1.54, 1.807) is 23.2 Å². The zero-order chi connectivity index (χ0) is 18.6. The number of hydrogen-bond donors (Lipinski definition) is 1. The van der Waals surface area contributed by atoms with Crippen molar-refractivity contribution in [3.05, 3.63) is 48.2 Å². The van der Waals surface area contributed by atoms with E-state index in [1.165, 1.54) is 0 Å². The highest BCUT2D eigenvalue weighted by Crippen LogP contribution is 2.24. The predicted molar refractivity (Wildman–Crippen MR) is 103 cm³/mol. The van der Waals surface area contributed by atoms with Crippen molar-refractivity contribution >= 4 is 29.0 Å². The van der Waals surface area contributed by atoms with Crippen molar-refractivity contribution in [2.24, 2.45) is 0 Å². The molecule has 4 rings (SSSR count). The molecule has 0 unspecified atom stereocenters. The number of nitrogens with zero attached hydrogens (tertiary/aromatic N) is 3. The van der Waals surface area contributed by atoms with E-state index in [4.69, 9.17) is 4.74 Å². The molecule has 27 heavy (non-hydrogen) atoms. The average molecular weight is 366 g/mol. The van der Waals surface area contributed by atoms with E-state index in [0.29, 0.717) is 36.7 Å². The van der Waals surface area contributed by atoms with E-state index in [0.717, 1.165) is 31.7 Å². The molecule has 3 heterocycles. The Morgan fingerprint density at radius 1 is 1.07 bits per heavy atom. The molecule has 0 spiro atoms. The number of carbonyl (C=O) groups is 2. The van der Waals surface area contributed by atoms with Crippen LogP contribution in [0.1, 0.15) is 23.2 Å².